The van der Waals surface area contributed by atoms with Crippen LogP contribution in [0.15, 0.2) is 18.2 Å². The third-order valence-corrected chi connectivity index (χ3v) is 8.35. The Bertz CT molecular complexity index is 804. The fourth-order valence-electron chi connectivity index (χ4n) is 6.45. The number of carbonyl (C=O) groups excluding carboxylic acids is 1. The molecule has 1 unspecified atom stereocenters. The van der Waals surface area contributed by atoms with E-state index in [4.69, 9.17) is 18.9 Å². The van der Waals surface area contributed by atoms with Crippen molar-refractivity contribution in [3.05, 3.63) is 29.3 Å². The van der Waals surface area contributed by atoms with E-state index < -0.39 is 0 Å². The summed E-state index contributed by atoms with van der Waals surface area (Å²) in [6.45, 7) is 2.97. The Morgan fingerprint density at radius 1 is 1.20 bits per heavy atom. The predicted octanol–water partition coefficient (Wildman–Crippen LogP) is 5.22. The molecule has 0 amide bonds. The van der Waals surface area contributed by atoms with E-state index >= 15 is 0 Å². The van der Waals surface area contributed by atoms with Gasteiger partial charge in [-0.3, -0.25) is 0 Å². The minimum atomic E-state index is -0.373. The number of aliphatic hydroxyl groups is 1. The van der Waals surface area contributed by atoms with Gasteiger partial charge in [0.1, 0.15) is 5.75 Å². The van der Waals surface area contributed by atoms with Crippen molar-refractivity contribution in [2.75, 3.05) is 20.3 Å². The fourth-order valence-corrected chi connectivity index (χ4v) is 6.45. The second-order valence-corrected chi connectivity index (χ2v) is 10.7. The van der Waals surface area contributed by atoms with E-state index in [1.54, 1.807) is 0 Å². The first-order valence-corrected chi connectivity index (χ1v) is 13.8. The molecule has 0 aromatic heterocycles. The van der Waals surface area contributed by atoms with E-state index in [9.17, 15) is 9.90 Å². The van der Waals surface area contributed by atoms with Gasteiger partial charge in [0.15, 0.2) is 12.9 Å². The molecule has 0 spiro atoms. The molecule has 1 heterocycles. The van der Waals surface area contributed by atoms with Crippen molar-refractivity contribution in [1.29, 1.82) is 0 Å². The van der Waals surface area contributed by atoms with E-state index in [0.29, 0.717) is 17.8 Å². The molecule has 2 fully saturated rings. The number of ether oxygens (including phenoxy) is 4. The van der Waals surface area contributed by atoms with Gasteiger partial charge in [0.25, 0.3) is 0 Å². The molecule has 1 aromatic carbocycles. The molecule has 6 nitrogen and oxygen atoms in total. The number of fused-ring (bicyclic) bond motifs is 2. The number of hydrogen-bond acceptors (Lipinski definition) is 6. The molecule has 1 N–H and O–H groups in total. The van der Waals surface area contributed by atoms with E-state index in [0.717, 1.165) is 63.7 Å². The highest BCUT2D eigenvalue weighted by atomic mass is 16.7. The number of rotatable bonds is 12. The van der Waals surface area contributed by atoms with Crippen molar-refractivity contribution in [2.45, 2.75) is 102 Å². The van der Waals surface area contributed by atoms with Crippen LogP contribution in [0.4, 0.5) is 0 Å². The number of carbonyl (C=O) groups is 1. The number of benzene rings is 1. The van der Waals surface area contributed by atoms with Gasteiger partial charge in [0.2, 0.25) is 0 Å². The maximum atomic E-state index is 11.6. The van der Waals surface area contributed by atoms with Crippen molar-refractivity contribution < 1.29 is 28.8 Å². The van der Waals surface area contributed by atoms with Gasteiger partial charge in [-0.15, -0.1) is 0 Å². The van der Waals surface area contributed by atoms with Gasteiger partial charge in [0, 0.05) is 6.61 Å². The molecular formula is C29H44O6. The summed E-state index contributed by atoms with van der Waals surface area (Å²) in [5, 5.41) is 11.1. The van der Waals surface area contributed by atoms with Gasteiger partial charge in [-0.2, -0.15) is 0 Å². The zero-order chi connectivity index (χ0) is 24.6. The summed E-state index contributed by atoms with van der Waals surface area (Å²) in [4.78, 5) is 11.6. The molecule has 4 rings (SSSR count). The van der Waals surface area contributed by atoms with Gasteiger partial charge in [-0.05, 0) is 92.7 Å². The van der Waals surface area contributed by atoms with Crippen LogP contribution in [0.2, 0.25) is 0 Å². The number of esters is 1. The number of unbranched alkanes of at least 4 members (excludes halogenated alkanes) is 2. The Kier molecular flexibility index (Phi) is 9.87. The lowest BCUT2D eigenvalue weighted by Crippen LogP contribution is -2.31. The highest BCUT2D eigenvalue weighted by molar-refractivity contribution is 5.71. The Hall–Kier alpha value is -1.63. The van der Waals surface area contributed by atoms with Gasteiger partial charge < -0.3 is 24.1 Å². The zero-order valence-corrected chi connectivity index (χ0v) is 21.6. The Morgan fingerprint density at radius 2 is 2.09 bits per heavy atom. The first-order valence-electron chi connectivity index (χ1n) is 13.8. The third kappa shape index (κ3) is 6.99. The van der Waals surface area contributed by atoms with Crippen molar-refractivity contribution in [2.24, 2.45) is 17.8 Å². The van der Waals surface area contributed by atoms with Gasteiger partial charge in [-0.25, -0.2) is 4.79 Å². The largest absolute Gasteiger partial charge is 0.482 e. The summed E-state index contributed by atoms with van der Waals surface area (Å²) >= 11 is 0. The molecule has 1 saturated carbocycles. The normalized spacial score (nSPS) is 28.7. The molecule has 1 aromatic rings. The third-order valence-electron chi connectivity index (χ3n) is 8.35. The summed E-state index contributed by atoms with van der Waals surface area (Å²) in [6, 6.07) is 6.12. The Labute approximate surface area is 210 Å². The minimum absolute atomic E-state index is 0.0541. The second-order valence-electron chi connectivity index (χ2n) is 10.7. The van der Waals surface area contributed by atoms with E-state index in [2.05, 4.69) is 13.0 Å². The lowest BCUT2D eigenvalue weighted by Gasteiger charge is -2.33. The maximum absolute atomic E-state index is 11.6. The van der Waals surface area contributed by atoms with Crippen molar-refractivity contribution in [3.8, 4) is 5.75 Å². The van der Waals surface area contributed by atoms with E-state index in [1.807, 2.05) is 12.1 Å². The highest BCUT2D eigenvalue weighted by Gasteiger charge is 2.45. The molecule has 3 aliphatic rings. The molecule has 0 bridgehead atoms. The second kappa shape index (κ2) is 13.1. The van der Waals surface area contributed by atoms with Crippen LogP contribution in [-0.2, 0) is 31.8 Å². The van der Waals surface area contributed by atoms with Crippen LogP contribution < -0.4 is 4.74 Å². The molecule has 1 aliphatic heterocycles. The monoisotopic (exact) mass is 488 g/mol. The Balaban J connectivity index is 1.38. The van der Waals surface area contributed by atoms with Gasteiger partial charge in [-0.1, -0.05) is 38.3 Å². The molecule has 6 atom stereocenters. The topological polar surface area (TPSA) is 74.2 Å². The van der Waals surface area contributed by atoms with Gasteiger partial charge in [0.05, 0.1) is 19.3 Å². The quantitative estimate of drug-likeness (QED) is 0.321. The van der Waals surface area contributed by atoms with Crippen LogP contribution in [0, 0.1) is 17.8 Å². The SMILES string of the molecule is CCCCC[C@@H](CC[C@@H]1[C@H]2Cc3cccc(OCC(=O)OC)c3C[C@H]2C[C@H]1O)OC1CCCCO1. The number of hydrogen-bond donors (Lipinski definition) is 1. The molecule has 196 valence electrons. The van der Waals surface area contributed by atoms with Crippen LogP contribution >= 0.6 is 0 Å². The summed E-state index contributed by atoms with van der Waals surface area (Å²) in [6.07, 6.45) is 12.6. The van der Waals surface area contributed by atoms with Crippen molar-refractivity contribution in [3.63, 3.8) is 0 Å². The van der Waals surface area contributed by atoms with Crippen LogP contribution in [0.25, 0.3) is 0 Å². The molecule has 35 heavy (non-hydrogen) atoms. The minimum Gasteiger partial charge on any atom is -0.482 e. The molecule has 2 aliphatic carbocycles. The van der Waals surface area contributed by atoms with Gasteiger partial charge >= 0.3 is 5.97 Å². The maximum Gasteiger partial charge on any atom is 0.343 e. The fraction of sp³-hybridized carbons (Fsp3) is 0.759. The number of aliphatic hydroxyl groups excluding tert-OH is 1. The molecular weight excluding hydrogens is 444 g/mol. The molecule has 0 radical (unpaired) electrons. The first-order chi connectivity index (χ1) is 17.1. The molecule has 1 saturated heterocycles. The predicted molar refractivity (Wildman–Crippen MR) is 134 cm³/mol. The Morgan fingerprint density at radius 3 is 2.86 bits per heavy atom. The summed E-state index contributed by atoms with van der Waals surface area (Å²) in [5.74, 6) is 1.64. The van der Waals surface area contributed by atoms with Crippen molar-refractivity contribution >= 4 is 5.97 Å². The highest BCUT2D eigenvalue weighted by Crippen LogP contribution is 2.48. The van der Waals surface area contributed by atoms with Crippen LogP contribution in [-0.4, -0.2) is 49.9 Å². The summed E-state index contributed by atoms with van der Waals surface area (Å²) in [5.41, 5.74) is 2.49. The summed E-state index contributed by atoms with van der Waals surface area (Å²) in [7, 11) is 1.37. The van der Waals surface area contributed by atoms with Crippen LogP contribution in [0.5, 0.6) is 5.75 Å². The average Bonchev–Trinajstić information content (AvgIpc) is 3.18. The van der Waals surface area contributed by atoms with Crippen LogP contribution in [0.3, 0.4) is 0 Å². The zero-order valence-electron chi connectivity index (χ0n) is 21.6. The smallest absolute Gasteiger partial charge is 0.343 e. The summed E-state index contributed by atoms with van der Waals surface area (Å²) < 4.78 is 22.8. The van der Waals surface area contributed by atoms with Crippen LogP contribution in [0.1, 0.15) is 82.3 Å². The van der Waals surface area contributed by atoms with E-state index in [1.165, 1.54) is 43.9 Å². The van der Waals surface area contributed by atoms with Crippen molar-refractivity contribution in [1.82, 2.24) is 0 Å². The van der Waals surface area contributed by atoms with E-state index in [-0.39, 0.29) is 31.1 Å². The first kappa shape index (κ1) is 26.4. The lowest BCUT2D eigenvalue weighted by molar-refractivity contribution is -0.191. The average molecular weight is 489 g/mol. The standard InChI is InChI=1S/C29H44O6/c1-3-4-5-10-22(35-29-12-6-7-15-33-29)13-14-23-24-16-20-9-8-11-27(34-19-28(31)32-2)25(20)17-21(24)18-26(23)30/h8-9,11,21-24,26,29-30H,3-7,10,12-19H2,1-2H3/t21-,22-,23+,24-,26+,29?/m0/s1. The number of methoxy groups -OCH3 is 1. The lowest BCUT2D eigenvalue weighted by atomic mass is 9.73. The molecule has 6 heteroatoms.